The fourth-order valence-electron chi connectivity index (χ4n) is 3.95. The van der Waals surface area contributed by atoms with Crippen LogP contribution >= 0.6 is 0 Å². The molecular weight excluding hydrogens is 370 g/mol. The van der Waals surface area contributed by atoms with Crippen LogP contribution in [0.4, 0.5) is 0 Å². The average Bonchev–Trinajstić information content (AvgIpc) is 2.66. The first kappa shape index (κ1) is 22.7. The first-order chi connectivity index (χ1) is 13.5. The number of aliphatic carboxylic acids is 1. The van der Waals surface area contributed by atoms with Crippen LogP contribution in [0.5, 0.6) is 0 Å². The van der Waals surface area contributed by atoms with Gasteiger partial charge in [0.15, 0.2) is 0 Å². The summed E-state index contributed by atoms with van der Waals surface area (Å²) in [5.41, 5.74) is 2.75. The number of carboxylic acids is 1. The molecule has 6 nitrogen and oxygen atoms in total. The Balaban J connectivity index is 2.06. The van der Waals surface area contributed by atoms with Gasteiger partial charge >= 0.3 is 5.97 Å². The molecule has 0 heterocycles. The second-order valence-electron chi connectivity index (χ2n) is 8.44. The molecule has 0 unspecified atom stereocenters. The number of carbonyl (C=O) groups is 3. The number of allylic oxidation sites excluding steroid dienone is 6. The zero-order chi connectivity index (χ0) is 21.8. The van der Waals surface area contributed by atoms with E-state index in [-0.39, 0.29) is 28.9 Å². The summed E-state index contributed by atoms with van der Waals surface area (Å²) in [7, 11) is 0. The van der Waals surface area contributed by atoms with Gasteiger partial charge < -0.3 is 15.5 Å². The first-order valence-corrected chi connectivity index (χ1v) is 10.1. The Morgan fingerprint density at radius 3 is 2.72 bits per heavy atom. The van der Waals surface area contributed by atoms with Crippen LogP contribution in [0, 0.1) is 11.3 Å². The van der Waals surface area contributed by atoms with E-state index < -0.39 is 24.1 Å². The van der Waals surface area contributed by atoms with Crippen LogP contribution in [0.1, 0.15) is 59.8 Å². The van der Waals surface area contributed by atoms with Crippen LogP contribution < -0.4 is 5.32 Å². The predicted octanol–water partition coefficient (Wildman–Crippen LogP) is 4.01. The molecule has 158 valence electrons. The first-order valence-electron chi connectivity index (χ1n) is 10.1. The zero-order valence-corrected chi connectivity index (χ0v) is 17.7. The lowest BCUT2D eigenvalue weighted by Crippen LogP contribution is -2.30. The number of Topliss-reactive ketones (excluding diaryl/α,β-unsaturated/α-hetero) is 1. The van der Waals surface area contributed by atoms with Gasteiger partial charge in [-0.2, -0.15) is 0 Å². The van der Waals surface area contributed by atoms with E-state index in [0.29, 0.717) is 5.92 Å². The Kier molecular flexibility index (Phi) is 7.22. The summed E-state index contributed by atoms with van der Waals surface area (Å²) in [6.07, 6.45) is 9.44. The van der Waals surface area contributed by atoms with Crippen LogP contribution in [-0.4, -0.2) is 34.3 Å². The molecular formula is C23H31NO5. The van der Waals surface area contributed by atoms with E-state index in [1.54, 1.807) is 0 Å². The van der Waals surface area contributed by atoms with E-state index in [9.17, 15) is 19.5 Å². The summed E-state index contributed by atoms with van der Waals surface area (Å²) in [5, 5.41) is 21.6. The number of hydrogen-bond donors (Lipinski definition) is 3. The predicted molar refractivity (Wildman–Crippen MR) is 111 cm³/mol. The minimum Gasteiger partial charge on any atom is -0.505 e. The van der Waals surface area contributed by atoms with Gasteiger partial charge in [-0.1, -0.05) is 37.1 Å². The quantitative estimate of drug-likeness (QED) is 0.323. The molecule has 0 aromatic carbocycles. The molecule has 0 radical (unpaired) electrons. The number of rotatable bonds is 8. The average molecular weight is 402 g/mol. The largest absolute Gasteiger partial charge is 0.505 e. The van der Waals surface area contributed by atoms with Crippen molar-refractivity contribution in [1.29, 1.82) is 0 Å². The Labute approximate surface area is 172 Å². The van der Waals surface area contributed by atoms with Crippen LogP contribution in [0.25, 0.3) is 0 Å². The minimum absolute atomic E-state index is 0.000706. The summed E-state index contributed by atoms with van der Waals surface area (Å²) >= 11 is 0. The summed E-state index contributed by atoms with van der Waals surface area (Å²) in [4.78, 5) is 34.8. The van der Waals surface area contributed by atoms with Crippen molar-refractivity contribution < 1.29 is 24.6 Å². The molecule has 0 bridgehead atoms. The molecule has 2 rings (SSSR count). The van der Waals surface area contributed by atoms with Gasteiger partial charge in [0.1, 0.15) is 12.3 Å². The van der Waals surface area contributed by atoms with E-state index in [0.717, 1.165) is 37.3 Å². The lowest BCUT2D eigenvalue weighted by Gasteiger charge is -2.40. The third-order valence-electron chi connectivity index (χ3n) is 6.40. The molecule has 6 heteroatoms. The van der Waals surface area contributed by atoms with E-state index in [4.69, 9.17) is 5.11 Å². The number of aliphatic hydroxyl groups is 1. The van der Waals surface area contributed by atoms with Gasteiger partial charge in [0, 0.05) is 6.08 Å². The van der Waals surface area contributed by atoms with Gasteiger partial charge in [-0.15, -0.1) is 0 Å². The molecule has 3 N–H and O–H groups in total. The molecule has 2 aliphatic rings. The molecule has 0 saturated carbocycles. The lowest BCUT2D eigenvalue weighted by atomic mass is 9.65. The zero-order valence-electron chi connectivity index (χ0n) is 17.7. The van der Waals surface area contributed by atoms with Crippen LogP contribution in [0.3, 0.4) is 0 Å². The van der Waals surface area contributed by atoms with Crippen molar-refractivity contribution in [1.82, 2.24) is 5.32 Å². The summed E-state index contributed by atoms with van der Waals surface area (Å²) < 4.78 is 0. The van der Waals surface area contributed by atoms with Crippen LogP contribution in [-0.2, 0) is 14.4 Å². The second kappa shape index (κ2) is 9.25. The summed E-state index contributed by atoms with van der Waals surface area (Å²) in [6, 6.07) is 0. The second-order valence-corrected chi connectivity index (χ2v) is 8.44. The van der Waals surface area contributed by atoms with E-state index >= 15 is 0 Å². The molecule has 0 saturated heterocycles. The number of carboxylic acid groups (broad SMARTS) is 1. The summed E-state index contributed by atoms with van der Waals surface area (Å²) in [5.74, 6) is -2.46. The summed E-state index contributed by atoms with van der Waals surface area (Å²) in [6.45, 7) is 8.33. The smallest absolute Gasteiger partial charge is 0.322 e. The van der Waals surface area contributed by atoms with E-state index in [2.05, 4.69) is 32.2 Å². The van der Waals surface area contributed by atoms with Gasteiger partial charge in [-0.25, -0.2) is 0 Å². The molecule has 0 aliphatic heterocycles. The Morgan fingerprint density at radius 1 is 1.38 bits per heavy atom. The fraction of sp³-hybridized carbons (Fsp3) is 0.522. The van der Waals surface area contributed by atoms with Crippen molar-refractivity contribution in [2.24, 2.45) is 11.3 Å². The molecule has 2 atom stereocenters. The molecule has 0 aromatic rings. The van der Waals surface area contributed by atoms with E-state index in [1.165, 1.54) is 5.57 Å². The molecule has 2 aliphatic carbocycles. The number of aliphatic hydroxyl groups excluding tert-OH is 1. The van der Waals surface area contributed by atoms with Crippen molar-refractivity contribution in [3.05, 3.63) is 46.4 Å². The monoisotopic (exact) mass is 401 g/mol. The highest BCUT2D eigenvalue weighted by Gasteiger charge is 2.33. The van der Waals surface area contributed by atoms with Crippen molar-refractivity contribution in [2.75, 3.05) is 6.54 Å². The minimum atomic E-state index is -1.13. The number of carbonyl (C=O) groups excluding carboxylic acids is 2. The maximum absolute atomic E-state index is 12.2. The molecule has 0 fully saturated rings. The topological polar surface area (TPSA) is 104 Å². The molecule has 0 amide bonds. The molecule has 0 aromatic heterocycles. The van der Waals surface area contributed by atoms with Crippen molar-refractivity contribution in [3.63, 3.8) is 0 Å². The van der Waals surface area contributed by atoms with Gasteiger partial charge in [0.25, 0.3) is 0 Å². The van der Waals surface area contributed by atoms with E-state index in [1.807, 2.05) is 13.0 Å². The lowest BCUT2D eigenvalue weighted by molar-refractivity contribution is -0.135. The molecule has 29 heavy (non-hydrogen) atoms. The van der Waals surface area contributed by atoms with Crippen molar-refractivity contribution in [2.45, 2.75) is 59.8 Å². The van der Waals surface area contributed by atoms with Crippen LogP contribution in [0.15, 0.2) is 46.4 Å². The standard InChI is InChI=1S/C23H31NO5/c1-14(9-11-23(4)10-5-6-15(2)16(23)3)7-8-17-21(28)18(24-13-20(26)27)12-19(25)22(17)29/h6-7,12,16,24,28H,5,8-11,13H2,1-4H3,(H,26,27)/b14-7+/t16-,23-/m1/s1. The van der Waals surface area contributed by atoms with Crippen LogP contribution in [0.2, 0.25) is 0 Å². The third-order valence-corrected chi connectivity index (χ3v) is 6.40. The highest BCUT2D eigenvalue weighted by Crippen LogP contribution is 2.44. The number of ketones is 2. The fourth-order valence-corrected chi connectivity index (χ4v) is 3.95. The highest BCUT2D eigenvalue weighted by molar-refractivity contribution is 6.48. The maximum Gasteiger partial charge on any atom is 0.322 e. The van der Waals surface area contributed by atoms with Crippen molar-refractivity contribution in [3.8, 4) is 0 Å². The Morgan fingerprint density at radius 2 is 2.07 bits per heavy atom. The maximum atomic E-state index is 12.2. The van der Waals surface area contributed by atoms with Gasteiger partial charge in [-0.05, 0) is 57.3 Å². The third kappa shape index (κ3) is 5.46. The SMILES string of the molecule is CC1=CCC[C@](C)(CC/C(C)=C/CC2=C(O)C(NCC(=O)O)=CC(=O)C2=O)[C@@H]1C. The normalized spacial score (nSPS) is 25.7. The number of hydrogen-bond acceptors (Lipinski definition) is 5. The Hall–Kier alpha value is -2.63. The number of nitrogens with one attached hydrogen (secondary N) is 1. The Bertz CT molecular complexity index is 830. The van der Waals surface area contributed by atoms with Gasteiger partial charge in [0.2, 0.25) is 11.6 Å². The van der Waals surface area contributed by atoms with Gasteiger partial charge in [-0.3, -0.25) is 14.4 Å². The highest BCUT2D eigenvalue weighted by atomic mass is 16.4. The van der Waals surface area contributed by atoms with Gasteiger partial charge in [0.05, 0.1) is 11.3 Å². The molecule has 0 spiro atoms. The van der Waals surface area contributed by atoms with Crippen molar-refractivity contribution >= 4 is 17.5 Å².